The second-order valence-electron chi connectivity index (χ2n) is 7.79. The molecule has 0 N–H and O–H groups in total. The fourth-order valence-corrected chi connectivity index (χ4v) is 4.54. The van der Waals surface area contributed by atoms with Crippen molar-refractivity contribution in [3.63, 3.8) is 0 Å². The van der Waals surface area contributed by atoms with E-state index in [1.165, 1.54) is 60.7 Å². The third-order valence-corrected chi connectivity index (χ3v) is 5.97. The monoisotopic (exact) mass is 331 g/mol. The molecule has 1 fully saturated rings. The summed E-state index contributed by atoms with van der Waals surface area (Å²) in [5.41, 5.74) is 5.62. The van der Waals surface area contributed by atoms with Gasteiger partial charge in [-0.15, -0.1) is 0 Å². The van der Waals surface area contributed by atoms with Gasteiger partial charge in [-0.1, -0.05) is 56.4 Å². The molecule has 3 heteroatoms. The summed E-state index contributed by atoms with van der Waals surface area (Å²) in [6, 6.07) is 13.6. The van der Waals surface area contributed by atoms with Crippen LogP contribution in [0, 0.1) is 5.92 Å². The molecule has 2 heterocycles. The predicted octanol–water partition coefficient (Wildman–Crippen LogP) is 2.66. The summed E-state index contributed by atoms with van der Waals surface area (Å²) in [6.07, 6.45) is 15.0. The van der Waals surface area contributed by atoms with Crippen molar-refractivity contribution in [1.29, 1.82) is 0 Å². The summed E-state index contributed by atoms with van der Waals surface area (Å²) < 4.78 is 2.29. The Morgan fingerprint density at radius 1 is 1.12 bits per heavy atom. The average molecular weight is 331 g/mol. The number of hydrogen-bond acceptors (Lipinski definition) is 1. The molecule has 0 spiro atoms. The Labute approximate surface area is 152 Å². The molecule has 2 aliphatic rings. The Kier molecular flexibility index (Phi) is 4.65. The Morgan fingerprint density at radius 3 is 2.76 bits per heavy atom. The standard InChI is InChI=1S/C22H28BN2/c1-24-14-12-19(16-18-8-4-3-5-9-18)17-22(24)23-21-11-7-6-10-20(21)13-15-25(23)2/h6-7,10-15,17-18H,3-5,8-9,16H2,1-2H3/q+1. The van der Waals surface area contributed by atoms with Crippen molar-refractivity contribution in [2.75, 3.05) is 7.05 Å². The first-order valence-corrected chi connectivity index (χ1v) is 9.70. The molecular formula is C22H28BN2+. The summed E-state index contributed by atoms with van der Waals surface area (Å²) in [7, 11) is 4.36. The van der Waals surface area contributed by atoms with E-state index in [2.05, 4.69) is 78.3 Å². The van der Waals surface area contributed by atoms with E-state index in [1.54, 1.807) is 0 Å². The Bertz CT molecular complexity index is 777. The number of pyridine rings is 1. The van der Waals surface area contributed by atoms with E-state index in [-0.39, 0.29) is 6.85 Å². The smallest absolute Gasteiger partial charge is 0.403 e. The lowest BCUT2D eigenvalue weighted by molar-refractivity contribution is -0.654. The van der Waals surface area contributed by atoms with Crippen molar-refractivity contribution >= 4 is 24.0 Å². The van der Waals surface area contributed by atoms with Crippen molar-refractivity contribution in [1.82, 2.24) is 4.81 Å². The topological polar surface area (TPSA) is 7.12 Å². The largest absolute Gasteiger partial charge is 0.411 e. The van der Waals surface area contributed by atoms with Crippen LogP contribution < -0.4 is 15.6 Å². The lowest BCUT2D eigenvalue weighted by Gasteiger charge is -2.27. The van der Waals surface area contributed by atoms with Crippen LogP contribution >= 0.6 is 0 Å². The minimum Gasteiger partial charge on any atom is -0.411 e. The van der Waals surface area contributed by atoms with Crippen LogP contribution in [0.25, 0.3) is 6.08 Å². The fourth-order valence-electron chi connectivity index (χ4n) is 4.54. The highest BCUT2D eigenvalue weighted by molar-refractivity contribution is 6.82. The lowest BCUT2D eigenvalue weighted by Crippen LogP contribution is -2.65. The third-order valence-electron chi connectivity index (χ3n) is 5.97. The zero-order valence-corrected chi connectivity index (χ0v) is 15.5. The maximum absolute atomic E-state index is 2.45. The second-order valence-corrected chi connectivity index (χ2v) is 7.79. The highest BCUT2D eigenvalue weighted by atomic mass is 15.0. The zero-order valence-electron chi connectivity index (χ0n) is 15.5. The molecule has 2 aromatic rings. The molecule has 1 aliphatic heterocycles. The number of fused-ring (bicyclic) bond motifs is 1. The van der Waals surface area contributed by atoms with Gasteiger partial charge in [0.1, 0.15) is 7.05 Å². The predicted molar refractivity (Wildman–Crippen MR) is 106 cm³/mol. The van der Waals surface area contributed by atoms with Gasteiger partial charge in [-0.3, -0.25) is 0 Å². The number of hydrogen-bond donors (Lipinski definition) is 0. The minimum absolute atomic E-state index is 0.289. The van der Waals surface area contributed by atoms with Crippen LogP contribution in [0.5, 0.6) is 0 Å². The van der Waals surface area contributed by atoms with E-state index in [4.69, 9.17) is 0 Å². The normalized spacial score (nSPS) is 17.7. The first-order chi connectivity index (χ1) is 12.2. The molecule has 2 nitrogen and oxygen atoms in total. The van der Waals surface area contributed by atoms with Gasteiger partial charge in [0.25, 0.3) is 0 Å². The highest BCUT2D eigenvalue weighted by Gasteiger charge is 2.35. The van der Waals surface area contributed by atoms with E-state index >= 15 is 0 Å². The molecule has 0 amide bonds. The SMILES string of the molecule is CN1C=Cc2ccccc2B1c1cc(CC2CCCCC2)cc[n+]1C. The van der Waals surface area contributed by atoms with Gasteiger partial charge in [-0.2, -0.15) is 0 Å². The molecule has 25 heavy (non-hydrogen) atoms. The molecule has 128 valence electrons. The van der Waals surface area contributed by atoms with E-state index in [0.29, 0.717) is 0 Å². The molecule has 4 rings (SSSR count). The van der Waals surface area contributed by atoms with Crippen molar-refractivity contribution in [3.8, 4) is 0 Å². The summed E-state index contributed by atoms with van der Waals surface area (Å²) in [5, 5.41) is 0. The summed E-state index contributed by atoms with van der Waals surface area (Å²) >= 11 is 0. The maximum atomic E-state index is 2.45. The van der Waals surface area contributed by atoms with Gasteiger partial charge < -0.3 is 4.81 Å². The van der Waals surface area contributed by atoms with Crippen LogP contribution in [0.3, 0.4) is 0 Å². The first-order valence-electron chi connectivity index (χ1n) is 9.70. The zero-order chi connectivity index (χ0) is 17.2. The molecule has 1 aliphatic carbocycles. The molecule has 1 aromatic heterocycles. The summed E-state index contributed by atoms with van der Waals surface area (Å²) in [5.74, 6) is 0.880. The molecule has 1 saturated carbocycles. The van der Waals surface area contributed by atoms with Crippen LogP contribution in [0.2, 0.25) is 0 Å². The second kappa shape index (κ2) is 7.07. The average Bonchev–Trinajstić information content (AvgIpc) is 2.64. The van der Waals surface area contributed by atoms with Gasteiger partial charge in [0, 0.05) is 12.1 Å². The van der Waals surface area contributed by atoms with Crippen LogP contribution in [0.4, 0.5) is 0 Å². The van der Waals surface area contributed by atoms with Crippen LogP contribution in [-0.4, -0.2) is 18.7 Å². The van der Waals surface area contributed by atoms with Gasteiger partial charge in [-0.25, -0.2) is 4.57 Å². The van der Waals surface area contributed by atoms with Gasteiger partial charge in [-0.05, 0) is 48.3 Å². The van der Waals surface area contributed by atoms with E-state index in [1.807, 2.05) is 0 Å². The number of benzene rings is 1. The Morgan fingerprint density at radius 2 is 1.92 bits per heavy atom. The summed E-state index contributed by atoms with van der Waals surface area (Å²) in [6.45, 7) is 0.289. The Hall–Kier alpha value is -2.03. The lowest BCUT2D eigenvalue weighted by atomic mass is 9.49. The van der Waals surface area contributed by atoms with Gasteiger partial charge >= 0.3 is 6.85 Å². The minimum atomic E-state index is 0.289. The molecule has 0 bridgehead atoms. The number of nitrogens with zero attached hydrogens (tertiary/aromatic N) is 2. The molecule has 1 aromatic carbocycles. The quantitative estimate of drug-likeness (QED) is 0.620. The van der Waals surface area contributed by atoms with Gasteiger partial charge in [0.05, 0.1) is 0 Å². The molecule has 0 radical (unpaired) electrons. The van der Waals surface area contributed by atoms with Crippen molar-refractivity contribution in [2.45, 2.75) is 38.5 Å². The van der Waals surface area contributed by atoms with E-state index in [0.717, 1.165) is 5.92 Å². The first kappa shape index (κ1) is 16.4. The highest BCUT2D eigenvalue weighted by Crippen LogP contribution is 2.26. The number of aromatic nitrogens is 1. The molecular weight excluding hydrogens is 303 g/mol. The van der Waals surface area contributed by atoms with Gasteiger partial charge in [0.15, 0.2) is 11.8 Å². The molecule has 0 atom stereocenters. The fraction of sp³-hybridized carbons (Fsp3) is 0.409. The van der Waals surface area contributed by atoms with Crippen LogP contribution in [0.1, 0.15) is 43.2 Å². The van der Waals surface area contributed by atoms with Crippen molar-refractivity contribution in [3.05, 3.63) is 59.9 Å². The van der Waals surface area contributed by atoms with Gasteiger partial charge in [0.2, 0.25) is 0 Å². The number of rotatable bonds is 3. The van der Waals surface area contributed by atoms with Crippen molar-refractivity contribution < 1.29 is 4.57 Å². The Balaban J connectivity index is 1.67. The number of aryl methyl sites for hydroxylation is 1. The summed E-state index contributed by atoms with van der Waals surface area (Å²) in [4.78, 5) is 2.34. The molecule has 0 saturated heterocycles. The third kappa shape index (κ3) is 3.37. The molecule has 0 unspecified atom stereocenters. The van der Waals surface area contributed by atoms with Crippen LogP contribution in [0.15, 0.2) is 48.8 Å². The van der Waals surface area contributed by atoms with Crippen molar-refractivity contribution in [2.24, 2.45) is 13.0 Å². The van der Waals surface area contributed by atoms with E-state index in [9.17, 15) is 0 Å². The van der Waals surface area contributed by atoms with Crippen LogP contribution in [-0.2, 0) is 13.5 Å². The maximum Gasteiger partial charge on any atom is 0.403 e. The van der Waals surface area contributed by atoms with E-state index < -0.39 is 0 Å².